The number of esters is 1. The quantitative estimate of drug-likeness (QED) is 0.515. The Balaban J connectivity index is 1.49. The number of benzene rings is 1. The molecular formula is C18H14N2O4S. The van der Waals surface area contributed by atoms with Gasteiger partial charge in [0.25, 0.3) is 5.56 Å². The molecule has 0 saturated carbocycles. The standard InChI is InChI=1S/C18H14N2O4S/c21-16-10-12(11-24-17(22)8-7-13-4-3-9-23-13)19-18-20(16)14-5-1-2-6-15(14)25-18/h1-6,9-10H,7-8,11H2. The molecule has 7 heteroatoms. The lowest BCUT2D eigenvalue weighted by atomic mass is 10.2. The maximum absolute atomic E-state index is 12.4. The van der Waals surface area contributed by atoms with Crippen molar-refractivity contribution in [3.8, 4) is 0 Å². The van der Waals surface area contributed by atoms with Gasteiger partial charge < -0.3 is 9.15 Å². The van der Waals surface area contributed by atoms with Gasteiger partial charge in [-0.25, -0.2) is 4.98 Å². The number of aryl methyl sites for hydroxylation is 1. The van der Waals surface area contributed by atoms with E-state index >= 15 is 0 Å². The second-order valence-corrected chi connectivity index (χ2v) is 6.52. The number of rotatable bonds is 5. The summed E-state index contributed by atoms with van der Waals surface area (Å²) < 4.78 is 13.0. The Bertz CT molecular complexity index is 1100. The summed E-state index contributed by atoms with van der Waals surface area (Å²) in [5.74, 6) is 0.384. The molecule has 3 aromatic heterocycles. The maximum Gasteiger partial charge on any atom is 0.306 e. The van der Waals surface area contributed by atoms with E-state index in [-0.39, 0.29) is 24.6 Å². The van der Waals surface area contributed by atoms with Gasteiger partial charge in [-0.15, -0.1) is 0 Å². The number of nitrogens with zero attached hydrogens (tertiary/aromatic N) is 2. The maximum atomic E-state index is 12.4. The summed E-state index contributed by atoms with van der Waals surface area (Å²) in [6.45, 7) is -0.0169. The summed E-state index contributed by atoms with van der Waals surface area (Å²) >= 11 is 1.43. The molecule has 0 aliphatic heterocycles. The number of ether oxygens (including phenoxy) is 1. The average molecular weight is 354 g/mol. The molecule has 126 valence electrons. The van der Waals surface area contributed by atoms with Crippen LogP contribution < -0.4 is 5.56 Å². The van der Waals surface area contributed by atoms with Crippen molar-refractivity contribution in [2.75, 3.05) is 0 Å². The molecule has 0 atom stereocenters. The second kappa shape index (κ2) is 6.52. The minimum Gasteiger partial charge on any atom is -0.469 e. The Hall–Kier alpha value is -2.93. The summed E-state index contributed by atoms with van der Waals surface area (Å²) in [4.78, 5) is 29.2. The summed E-state index contributed by atoms with van der Waals surface area (Å²) in [7, 11) is 0. The van der Waals surface area contributed by atoms with Crippen molar-refractivity contribution < 1.29 is 13.9 Å². The van der Waals surface area contributed by atoms with Gasteiger partial charge in [0.15, 0.2) is 4.96 Å². The molecule has 1 aromatic carbocycles. The highest BCUT2D eigenvalue weighted by molar-refractivity contribution is 7.23. The molecule has 0 N–H and O–H groups in total. The molecule has 0 aliphatic carbocycles. The van der Waals surface area contributed by atoms with Crippen LogP contribution in [0.4, 0.5) is 0 Å². The van der Waals surface area contributed by atoms with Gasteiger partial charge in [-0.2, -0.15) is 0 Å². The number of furan rings is 1. The normalized spacial score (nSPS) is 11.2. The van der Waals surface area contributed by atoms with E-state index < -0.39 is 0 Å². The van der Waals surface area contributed by atoms with Crippen LogP contribution in [0, 0.1) is 0 Å². The third kappa shape index (κ3) is 3.18. The molecule has 0 fully saturated rings. The first kappa shape index (κ1) is 15.6. The monoisotopic (exact) mass is 354 g/mol. The minimum atomic E-state index is -0.352. The van der Waals surface area contributed by atoms with Crippen LogP contribution in [0.15, 0.2) is 57.9 Å². The zero-order valence-electron chi connectivity index (χ0n) is 13.2. The lowest BCUT2D eigenvalue weighted by molar-refractivity contribution is -0.145. The predicted octanol–water partition coefficient (Wildman–Crippen LogP) is 3.18. The number of aromatic nitrogens is 2. The van der Waals surface area contributed by atoms with Gasteiger partial charge in [0.2, 0.25) is 0 Å². The highest BCUT2D eigenvalue weighted by Crippen LogP contribution is 2.23. The summed E-state index contributed by atoms with van der Waals surface area (Å²) in [6, 6.07) is 12.6. The number of hydrogen-bond acceptors (Lipinski definition) is 6. The van der Waals surface area contributed by atoms with E-state index in [9.17, 15) is 9.59 Å². The van der Waals surface area contributed by atoms with Crippen molar-refractivity contribution in [1.82, 2.24) is 9.38 Å². The number of fused-ring (bicyclic) bond motifs is 3. The summed E-state index contributed by atoms with van der Waals surface area (Å²) in [5.41, 5.74) is 1.11. The zero-order valence-corrected chi connectivity index (χ0v) is 14.0. The van der Waals surface area contributed by atoms with Crippen molar-refractivity contribution in [1.29, 1.82) is 0 Å². The van der Waals surface area contributed by atoms with Crippen LogP contribution >= 0.6 is 11.3 Å². The molecule has 0 aliphatic rings. The van der Waals surface area contributed by atoms with Crippen LogP contribution in [0.5, 0.6) is 0 Å². The molecule has 0 radical (unpaired) electrons. The SMILES string of the molecule is O=C(CCc1ccco1)OCc1cc(=O)n2c(n1)sc1ccccc12. The van der Waals surface area contributed by atoms with Crippen LogP contribution in [-0.4, -0.2) is 15.4 Å². The van der Waals surface area contributed by atoms with E-state index in [1.54, 1.807) is 16.7 Å². The molecule has 4 aromatic rings. The van der Waals surface area contributed by atoms with Crippen LogP contribution in [0.25, 0.3) is 15.2 Å². The molecule has 0 amide bonds. The van der Waals surface area contributed by atoms with Gasteiger partial charge in [0.1, 0.15) is 12.4 Å². The molecule has 0 spiro atoms. The molecule has 25 heavy (non-hydrogen) atoms. The van der Waals surface area contributed by atoms with Gasteiger partial charge in [-0.3, -0.25) is 14.0 Å². The largest absolute Gasteiger partial charge is 0.469 e. The first-order valence-corrected chi connectivity index (χ1v) is 8.60. The van der Waals surface area contributed by atoms with Gasteiger partial charge >= 0.3 is 5.97 Å². The van der Waals surface area contributed by atoms with Gasteiger partial charge in [-0.05, 0) is 24.3 Å². The van der Waals surface area contributed by atoms with Crippen molar-refractivity contribution >= 4 is 32.5 Å². The summed E-state index contributed by atoms with van der Waals surface area (Å²) in [6.07, 6.45) is 2.27. The van der Waals surface area contributed by atoms with E-state index in [2.05, 4.69) is 4.98 Å². The van der Waals surface area contributed by atoms with Crippen molar-refractivity contribution in [2.24, 2.45) is 0 Å². The van der Waals surface area contributed by atoms with E-state index in [1.165, 1.54) is 17.4 Å². The first-order valence-electron chi connectivity index (χ1n) is 7.79. The lowest BCUT2D eigenvalue weighted by Gasteiger charge is -2.04. The average Bonchev–Trinajstić information content (AvgIpc) is 3.25. The minimum absolute atomic E-state index is 0.0169. The Labute approximate surface area is 146 Å². The fourth-order valence-corrected chi connectivity index (χ4v) is 3.65. The smallest absolute Gasteiger partial charge is 0.306 e. The molecule has 0 bridgehead atoms. The van der Waals surface area contributed by atoms with E-state index in [0.29, 0.717) is 17.1 Å². The molecular weight excluding hydrogens is 340 g/mol. The van der Waals surface area contributed by atoms with Crippen molar-refractivity contribution in [2.45, 2.75) is 19.4 Å². The van der Waals surface area contributed by atoms with Crippen LogP contribution in [-0.2, 0) is 22.6 Å². The summed E-state index contributed by atoms with van der Waals surface area (Å²) in [5, 5.41) is 0. The Morgan fingerprint density at radius 2 is 2.12 bits per heavy atom. The molecule has 0 saturated heterocycles. The fraction of sp³-hybridized carbons (Fsp3) is 0.167. The predicted molar refractivity (Wildman–Crippen MR) is 93.7 cm³/mol. The lowest BCUT2D eigenvalue weighted by Crippen LogP contribution is -2.15. The fourth-order valence-electron chi connectivity index (χ4n) is 2.60. The second-order valence-electron chi connectivity index (χ2n) is 5.51. The first-order chi connectivity index (χ1) is 12.2. The van der Waals surface area contributed by atoms with Crippen LogP contribution in [0.1, 0.15) is 17.9 Å². The molecule has 6 nitrogen and oxygen atoms in total. The van der Waals surface area contributed by atoms with E-state index in [0.717, 1.165) is 16.0 Å². The third-order valence-corrected chi connectivity index (χ3v) is 4.81. The Morgan fingerprint density at radius 1 is 1.24 bits per heavy atom. The third-order valence-electron chi connectivity index (χ3n) is 3.79. The molecule has 0 unspecified atom stereocenters. The van der Waals surface area contributed by atoms with Crippen molar-refractivity contribution in [3.05, 3.63) is 70.5 Å². The highest BCUT2D eigenvalue weighted by Gasteiger charge is 2.11. The van der Waals surface area contributed by atoms with Crippen molar-refractivity contribution in [3.63, 3.8) is 0 Å². The number of carbonyl (C=O) groups excluding carboxylic acids is 1. The molecule has 3 heterocycles. The molecule has 4 rings (SSSR count). The number of thiazole rings is 1. The number of para-hydroxylation sites is 1. The van der Waals surface area contributed by atoms with Crippen LogP contribution in [0.2, 0.25) is 0 Å². The topological polar surface area (TPSA) is 73.8 Å². The van der Waals surface area contributed by atoms with E-state index in [1.807, 2.05) is 30.3 Å². The van der Waals surface area contributed by atoms with Crippen LogP contribution in [0.3, 0.4) is 0 Å². The zero-order chi connectivity index (χ0) is 17.2. The Morgan fingerprint density at radius 3 is 2.96 bits per heavy atom. The van der Waals surface area contributed by atoms with Gasteiger partial charge in [0.05, 0.1) is 28.6 Å². The number of carbonyl (C=O) groups is 1. The highest BCUT2D eigenvalue weighted by atomic mass is 32.1. The number of hydrogen-bond donors (Lipinski definition) is 0. The van der Waals surface area contributed by atoms with E-state index in [4.69, 9.17) is 9.15 Å². The van der Waals surface area contributed by atoms with Gasteiger partial charge in [0, 0.05) is 12.5 Å². The Kier molecular flexibility index (Phi) is 4.07. The van der Waals surface area contributed by atoms with Gasteiger partial charge in [-0.1, -0.05) is 23.5 Å².